The Morgan fingerprint density at radius 1 is 1.28 bits per heavy atom. The molecule has 0 saturated carbocycles. The van der Waals surface area contributed by atoms with Gasteiger partial charge >= 0.3 is 0 Å². The topological polar surface area (TPSA) is 21.1 Å². The number of pyridine rings is 1. The molecule has 1 aliphatic heterocycles. The number of benzene rings is 1. The molecule has 1 aliphatic rings. The van der Waals surface area contributed by atoms with Gasteiger partial charge in [0.15, 0.2) is 0 Å². The Hall–Kier alpha value is -2.39. The molecule has 3 heteroatoms. The summed E-state index contributed by atoms with van der Waals surface area (Å²) in [6.07, 6.45) is 7.15. The van der Waals surface area contributed by atoms with Crippen molar-refractivity contribution in [1.29, 1.82) is 0 Å². The third-order valence-corrected chi connectivity index (χ3v) is 5.52. The van der Waals surface area contributed by atoms with Crippen molar-refractivity contribution in [2.45, 2.75) is 33.2 Å². The molecule has 0 amide bonds. The summed E-state index contributed by atoms with van der Waals surface area (Å²) >= 11 is 0. The monoisotopic (exact) mass is 331 g/mol. The maximum absolute atomic E-state index is 4.27. The largest absolute Gasteiger partial charge is 0.318 e. The molecule has 0 radical (unpaired) electrons. The van der Waals surface area contributed by atoms with Gasteiger partial charge in [0.05, 0.1) is 5.52 Å². The van der Waals surface area contributed by atoms with Crippen LogP contribution in [0.1, 0.15) is 42.3 Å². The number of allylic oxidation sites excluding steroid dienone is 1. The first kappa shape index (κ1) is 16.1. The van der Waals surface area contributed by atoms with E-state index < -0.39 is 0 Å². The number of likely N-dealkylation sites (N-methyl/N-ethyl adjacent to an activating group) is 1. The van der Waals surface area contributed by atoms with E-state index in [9.17, 15) is 0 Å². The van der Waals surface area contributed by atoms with Crippen molar-refractivity contribution < 1.29 is 0 Å². The van der Waals surface area contributed by atoms with Crippen molar-refractivity contribution in [3.8, 4) is 0 Å². The number of aromatic nitrogens is 2. The second-order valence-corrected chi connectivity index (χ2v) is 7.21. The molecular formula is C22H25N3. The smallest absolute Gasteiger partial charge is 0.0529 e. The van der Waals surface area contributed by atoms with Gasteiger partial charge in [-0.1, -0.05) is 17.7 Å². The Morgan fingerprint density at radius 2 is 2.12 bits per heavy atom. The summed E-state index contributed by atoms with van der Waals surface area (Å²) in [5.41, 5.74) is 7.97. The van der Waals surface area contributed by atoms with Crippen LogP contribution in [0.25, 0.3) is 22.7 Å². The first-order valence-corrected chi connectivity index (χ1v) is 8.98. The van der Waals surface area contributed by atoms with Crippen LogP contribution in [0.2, 0.25) is 0 Å². The highest BCUT2D eigenvalue weighted by Crippen LogP contribution is 2.37. The van der Waals surface area contributed by atoms with Gasteiger partial charge in [0.25, 0.3) is 0 Å². The van der Waals surface area contributed by atoms with Crippen LogP contribution in [0.4, 0.5) is 0 Å². The van der Waals surface area contributed by atoms with Gasteiger partial charge < -0.3 is 4.57 Å². The number of hydrogen-bond acceptors (Lipinski definition) is 2. The van der Waals surface area contributed by atoms with Crippen molar-refractivity contribution in [1.82, 2.24) is 14.5 Å². The highest BCUT2D eigenvalue weighted by atomic mass is 15.2. The van der Waals surface area contributed by atoms with Crippen molar-refractivity contribution in [2.24, 2.45) is 0 Å². The molecule has 128 valence electrons. The Bertz CT molecular complexity index is 950. The minimum atomic E-state index is 0.411. The van der Waals surface area contributed by atoms with E-state index in [0.717, 1.165) is 13.0 Å². The van der Waals surface area contributed by atoms with Crippen LogP contribution in [-0.2, 0) is 6.42 Å². The molecule has 1 aromatic carbocycles. The standard InChI is InChI=1S/C22H25N3/c1-15-7-8-21-20(12-15)19-9-11-24(4)17(3)22(19)25(21)14-16(2)18-6-5-10-23-13-18/h5-8,10,12-14,17H,9,11H2,1-4H3/b16-14+. The molecule has 0 bridgehead atoms. The average Bonchev–Trinajstić information content (AvgIpc) is 2.92. The molecule has 4 rings (SSSR count). The minimum Gasteiger partial charge on any atom is -0.318 e. The Labute approximate surface area is 149 Å². The van der Waals surface area contributed by atoms with Gasteiger partial charge in [-0.25, -0.2) is 0 Å². The normalized spacial score (nSPS) is 18.6. The summed E-state index contributed by atoms with van der Waals surface area (Å²) < 4.78 is 2.41. The molecular weight excluding hydrogens is 306 g/mol. The molecule has 3 nitrogen and oxygen atoms in total. The van der Waals surface area contributed by atoms with E-state index in [1.807, 2.05) is 18.5 Å². The fourth-order valence-corrected chi connectivity index (χ4v) is 3.92. The van der Waals surface area contributed by atoms with E-state index in [1.165, 1.54) is 38.9 Å². The van der Waals surface area contributed by atoms with Gasteiger partial charge in [-0.05, 0) is 69.1 Å². The Balaban J connectivity index is 1.97. The van der Waals surface area contributed by atoms with E-state index >= 15 is 0 Å². The van der Waals surface area contributed by atoms with Crippen molar-refractivity contribution in [3.63, 3.8) is 0 Å². The van der Waals surface area contributed by atoms with Crippen molar-refractivity contribution in [2.75, 3.05) is 13.6 Å². The van der Waals surface area contributed by atoms with Crippen LogP contribution >= 0.6 is 0 Å². The first-order chi connectivity index (χ1) is 12.1. The lowest BCUT2D eigenvalue weighted by molar-refractivity contribution is 0.242. The quantitative estimate of drug-likeness (QED) is 0.665. The van der Waals surface area contributed by atoms with E-state index in [-0.39, 0.29) is 0 Å². The van der Waals surface area contributed by atoms with Gasteiger partial charge in [0, 0.05) is 42.3 Å². The summed E-state index contributed by atoms with van der Waals surface area (Å²) in [5, 5.41) is 1.41. The molecule has 0 fully saturated rings. The predicted molar refractivity (Wildman–Crippen MR) is 106 cm³/mol. The zero-order chi connectivity index (χ0) is 17.6. The number of fused-ring (bicyclic) bond motifs is 3. The third-order valence-electron chi connectivity index (χ3n) is 5.52. The lowest BCUT2D eigenvalue weighted by Crippen LogP contribution is -2.31. The maximum Gasteiger partial charge on any atom is 0.0529 e. The SMILES string of the molecule is C/C(=C\n1c2c(c3cc(C)ccc31)CCN(C)C2C)c1cccnc1. The van der Waals surface area contributed by atoms with Crippen LogP contribution in [0, 0.1) is 6.92 Å². The number of nitrogens with zero attached hydrogens (tertiary/aromatic N) is 3. The van der Waals surface area contributed by atoms with Crippen LogP contribution in [0.5, 0.6) is 0 Å². The van der Waals surface area contributed by atoms with E-state index in [1.54, 1.807) is 0 Å². The maximum atomic E-state index is 4.27. The molecule has 0 N–H and O–H groups in total. The minimum absolute atomic E-state index is 0.411. The lowest BCUT2D eigenvalue weighted by atomic mass is 9.98. The zero-order valence-electron chi connectivity index (χ0n) is 15.5. The highest BCUT2D eigenvalue weighted by Gasteiger charge is 2.27. The van der Waals surface area contributed by atoms with Crippen molar-refractivity contribution in [3.05, 3.63) is 65.1 Å². The first-order valence-electron chi connectivity index (χ1n) is 8.98. The van der Waals surface area contributed by atoms with E-state index in [4.69, 9.17) is 0 Å². The number of rotatable bonds is 2. The van der Waals surface area contributed by atoms with Gasteiger partial charge in [-0.15, -0.1) is 0 Å². The summed E-state index contributed by atoms with van der Waals surface area (Å²) in [6, 6.07) is 11.4. The van der Waals surface area contributed by atoms with Crippen molar-refractivity contribution >= 4 is 22.7 Å². The average molecular weight is 331 g/mol. The van der Waals surface area contributed by atoms with E-state index in [0.29, 0.717) is 6.04 Å². The highest BCUT2D eigenvalue weighted by molar-refractivity contribution is 5.90. The summed E-state index contributed by atoms with van der Waals surface area (Å²) in [4.78, 5) is 6.71. The fraction of sp³-hybridized carbons (Fsp3) is 0.318. The van der Waals surface area contributed by atoms with Crippen LogP contribution in [0.15, 0.2) is 42.7 Å². The van der Waals surface area contributed by atoms with Gasteiger partial charge in [-0.2, -0.15) is 0 Å². The van der Waals surface area contributed by atoms with Gasteiger partial charge in [-0.3, -0.25) is 9.88 Å². The molecule has 0 aliphatic carbocycles. The summed E-state index contributed by atoms with van der Waals surface area (Å²) in [6.45, 7) is 7.78. The number of hydrogen-bond donors (Lipinski definition) is 0. The molecule has 3 aromatic rings. The van der Waals surface area contributed by atoms with Gasteiger partial charge in [0.1, 0.15) is 0 Å². The fourth-order valence-electron chi connectivity index (χ4n) is 3.92. The lowest BCUT2D eigenvalue weighted by Gasteiger charge is -2.31. The molecule has 0 spiro atoms. The molecule has 3 heterocycles. The van der Waals surface area contributed by atoms with Crippen LogP contribution in [-0.4, -0.2) is 28.0 Å². The molecule has 0 saturated heterocycles. The third kappa shape index (κ3) is 2.69. The van der Waals surface area contributed by atoms with Crippen LogP contribution in [0.3, 0.4) is 0 Å². The predicted octanol–water partition coefficient (Wildman–Crippen LogP) is 4.91. The van der Waals surface area contributed by atoms with E-state index in [2.05, 4.69) is 72.7 Å². The molecule has 1 unspecified atom stereocenters. The summed E-state index contributed by atoms with van der Waals surface area (Å²) in [7, 11) is 2.22. The molecule has 25 heavy (non-hydrogen) atoms. The Morgan fingerprint density at radius 3 is 2.88 bits per heavy atom. The number of aryl methyl sites for hydroxylation is 1. The van der Waals surface area contributed by atoms with Crippen LogP contribution < -0.4 is 0 Å². The van der Waals surface area contributed by atoms with Gasteiger partial charge in [0.2, 0.25) is 0 Å². The zero-order valence-corrected chi connectivity index (χ0v) is 15.5. The Kier molecular flexibility index (Phi) is 3.97. The second-order valence-electron chi connectivity index (χ2n) is 7.21. The second kappa shape index (κ2) is 6.16. The summed E-state index contributed by atoms with van der Waals surface area (Å²) in [5.74, 6) is 0. The molecule has 2 aromatic heterocycles. The molecule has 1 atom stereocenters.